The number of piperidine rings is 1. The molecule has 2 aromatic rings. The number of hydrogen-bond donors (Lipinski definition) is 1. The maximum Gasteiger partial charge on any atom is 0.260 e. The van der Waals surface area contributed by atoms with Crippen LogP contribution < -0.4 is 5.32 Å². The summed E-state index contributed by atoms with van der Waals surface area (Å²) in [6.45, 7) is 7.49. The van der Waals surface area contributed by atoms with Crippen molar-refractivity contribution < 1.29 is 13.6 Å². The van der Waals surface area contributed by atoms with E-state index in [-0.39, 0.29) is 23.3 Å². The molecule has 1 aromatic heterocycles. The van der Waals surface area contributed by atoms with Crippen LogP contribution >= 0.6 is 0 Å². The van der Waals surface area contributed by atoms with Crippen LogP contribution in [0.2, 0.25) is 0 Å². The summed E-state index contributed by atoms with van der Waals surface area (Å²) in [6, 6.07) is 10.9. The number of nitrogens with one attached hydrogen (secondary N) is 1. The fourth-order valence-electron chi connectivity index (χ4n) is 4.87. The Kier molecular flexibility index (Phi) is 6.54. The first kappa shape index (κ1) is 22.7. The Morgan fingerprint density at radius 2 is 2.00 bits per heavy atom. The molecule has 3 heterocycles. The molecule has 1 saturated heterocycles. The number of benzene rings is 1. The Morgan fingerprint density at radius 1 is 1.25 bits per heavy atom. The molecular formula is C25H34F2N4O. The first-order chi connectivity index (χ1) is 15.2. The van der Waals surface area contributed by atoms with Gasteiger partial charge in [0.1, 0.15) is 11.9 Å². The summed E-state index contributed by atoms with van der Waals surface area (Å²) in [5.74, 6) is 0.983. The van der Waals surface area contributed by atoms with Crippen LogP contribution in [0.5, 0.6) is 0 Å². The Morgan fingerprint density at radius 3 is 2.69 bits per heavy atom. The quantitative estimate of drug-likeness (QED) is 0.703. The number of fused-ring (bicyclic) bond motifs is 1. The van der Waals surface area contributed by atoms with Gasteiger partial charge in [0.05, 0.1) is 5.69 Å². The first-order valence-electron chi connectivity index (χ1n) is 11.7. The minimum absolute atomic E-state index is 0.0873. The second kappa shape index (κ2) is 9.20. The molecular weight excluding hydrogens is 410 g/mol. The zero-order chi connectivity index (χ0) is 22.9. The van der Waals surface area contributed by atoms with Gasteiger partial charge in [-0.25, -0.2) is 13.5 Å². The molecule has 0 radical (unpaired) electrons. The molecule has 2 aliphatic rings. The van der Waals surface area contributed by atoms with Crippen LogP contribution in [0.4, 0.5) is 14.6 Å². The molecule has 0 spiro atoms. The first-order valence-corrected chi connectivity index (χ1v) is 11.7. The molecule has 1 aromatic carbocycles. The average molecular weight is 445 g/mol. The normalized spacial score (nSPS) is 23.7. The number of hydrogen-bond acceptors (Lipinski definition) is 3. The standard InChI is InChI=1S/C25H34F2N4O/c1-25(2,3)21-15-22-28-19(14-20(24(26)27)31(22)29-21)18-10-7-13-30(16-18)23(32)12-11-17-8-5-4-6-9-17/h4-6,8-9,15,18-20,24,28H,7,10-14,16H2,1-3H3/t18-,19+,20-/m1/s1. The summed E-state index contributed by atoms with van der Waals surface area (Å²) in [7, 11) is 0. The number of nitrogens with zero attached hydrogens (tertiary/aromatic N) is 3. The van der Waals surface area contributed by atoms with Crippen LogP contribution in [0.15, 0.2) is 36.4 Å². The highest BCUT2D eigenvalue weighted by Crippen LogP contribution is 2.38. The third-order valence-electron chi connectivity index (χ3n) is 6.79. The molecule has 1 fully saturated rings. The fourth-order valence-corrected chi connectivity index (χ4v) is 4.87. The topological polar surface area (TPSA) is 50.2 Å². The lowest BCUT2D eigenvalue weighted by atomic mass is 9.85. The summed E-state index contributed by atoms with van der Waals surface area (Å²) in [5, 5.41) is 8.00. The van der Waals surface area contributed by atoms with E-state index in [2.05, 4.69) is 10.4 Å². The lowest BCUT2D eigenvalue weighted by Gasteiger charge is -2.41. The Hall–Kier alpha value is -2.44. The van der Waals surface area contributed by atoms with Crippen molar-refractivity contribution in [2.75, 3.05) is 18.4 Å². The van der Waals surface area contributed by atoms with Crippen LogP contribution in [0, 0.1) is 5.92 Å². The van der Waals surface area contributed by atoms with Gasteiger partial charge in [-0.3, -0.25) is 4.79 Å². The summed E-state index contributed by atoms with van der Waals surface area (Å²) in [4.78, 5) is 14.8. The summed E-state index contributed by atoms with van der Waals surface area (Å²) in [5.41, 5.74) is 1.76. The van der Waals surface area contributed by atoms with E-state index in [1.165, 1.54) is 4.68 Å². The highest BCUT2D eigenvalue weighted by molar-refractivity contribution is 5.76. The minimum atomic E-state index is -2.47. The van der Waals surface area contributed by atoms with Crippen molar-refractivity contribution in [3.8, 4) is 0 Å². The van der Waals surface area contributed by atoms with Crippen LogP contribution in [-0.2, 0) is 16.6 Å². The number of anilines is 1. The van der Waals surface area contributed by atoms with Crippen molar-refractivity contribution in [1.82, 2.24) is 14.7 Å². The Bertz CT molecular complexity index is 922. The van der Waals surface area contributed by atoms with Crippen LogP contribution in [-0.4, -0.2) is 46.1 Å². The summed E-state index contributed by atoms with van der Waals surface area (Å²) >= 11 is 0. The SMILES string of the molecule is CC(C)(C)c1cc2n(n1)[C@@H](C(F)F)C[C@@H]([C@@H]1CCCN(C(=O)CCc3ccccc3)C1)N2. The van der Waals surface area contributed by atoms with Crippen LogP contribution in [0.25, 0.3) is 0 Å². The number of amides is 1. The Balaban J connectivity index is 1.43. The molecule has 1 amide bonds. The van der Waals surface area contributed by atoms with Gasteiger partial charge in [-0.1, -0.05) is 51.1 Å². The van der Waals surface area contributed by atoms with Crippen LogP contribution in [0.1, 0.15) is 63.8 Å². The van der Waals surface area contributed by atoms with Gasteiger partial charge in [0, 0.05) is 37.0 Å². The predicted molar refractivity (Wildman–Crippen MR) is 122 cm³/mol. The van der Waals surface area contributed by atoms with Crippen molar-refractivity contribution in [3.05, 3.63) is 47.7 Å². The van der Waals surface area contributed by atoms with Gasteiger partial charge in [-0.05, 0) is 37.2 Å². The van der Waals surface area contributed by atoms with Crippen LogP contribution in [0.3, 0.4) is 0 Å². The summed E-state index contributed by atoms with van der Waals surface area (Å²) < 4.78 is 29.4. The molecule has 0 bridgehead atoms. The largest absolute Gasteiger partial charge is 0.367 e. The van der Waals surface area contributed by atoms with Gasteiger partial charge in [-0.2, -0.15) is 5.10 Å². The van der Waals surface area contributed by atoms with Crippen molar-refractivity contribution in [2.45, 2.75) is 76.8 Å². The monoisotopic (exact) mass is 444 g/mol. The highest BCUT2D eigenvalue weighted by atomic mass is 19.3. The number of likely N-dealkylation sites (tertiary alicyclic amines) is 1. The highest BCUT2D eigenvalue weighted by Gasteiger charge is 2.39. The van der Waals surface area contributed by atoms with Crippen molar-refractivity contribution >= 4 is 11.7 Å². The zero-order valence-corrected chi connectivity index (χ0v) is 19.2. The molecule has 0 aliphatic carbocycles. The smallest absolute Gasteiger partial charge is 0.260 e. The summed E-state index contributed by atoms with van der Waals surface area (Å²) in [6.07, 6.45) is 0.911. The maximum absolute atomic E-state index is 14.0. The van der Waals surface area contributed by atoms with Crippen molar-refractivity contribution in [1.29, 1.82) is 0 Å². The van der Waals surface area contributed by atoms with Gasteiger partial charge in [0.2, 0.25) is 5.91 Å². The van der Waals surface area contributed by atoms with Gasteiger partial charge in [0.25, 0.3) is 6.43 Å². The third kappa shape index (κ3) is 4.97. The number of aromatic nitrogens is 2. The fraction of sp³-hybridized carbons (Fsp3) is 0.600. The second-order valence-electron chi connectivity index (χ2n) is 10.2. The van der Waals surface area contributed by atoms with E-state index in [9.17, 15) is 13.6 Å². The molecule has 1 N–H and O–H groups in total. The Labute approximate surface area is 189 Å². The number of halogens is 2. The van der Waals surface area contributed by atoms with E-state index in [0.717, 1.165) is 37.1 Å². The molecule has 4 rings (SSSR count). The molecule has 0 saturated carbocycles. The molecule has 5 nitrogen and oxygen atoms in total. The second-order valence-corrected chi connectivity index (χ2v) is 10.2. The molecule has 0 unspecified atom stereocenters. The van der Waals surface area contributed by atoms with Gasteiger partial charge >= 0.3 is 0 Å². The predicted octanol–water partition coefficient (Wildman–Crippen LogP) is 5.04. The number of aryl methyl sites for hydroxylation is 1. The van der Waals surface area contributed by atoms with E-state index in [1.54, 1.807) is 0 Å². The zero-order valence-electron chi connectivity index (χ0n) is 19.2. The van der Waals surface area contributed by atoms with E-state index in [4.69, 9.17) is 0 Å². The number of carbonyl (C=O) groups is 1. The van der Waals surface area contributed by atoms with E-state index >= 15 is 0 Å². The van der Waals surface area contributed by atoms with E-state index in [1.807, 2.05) is 62.1 Å². The minimum Gasteiger partial charge on any atom is -0.367 e. The van der Waals surface area contributed by atoms with E-state index < -0.39 is 12.5 Å². The average Bonchev–Trinajstić information content (AvgIpc) is 3.22. The molecule has 7 heteroatoms. The maximum atomic E-state index is 14.0. The van der Waals surface area contributed by atoms with E-state index in [0.29, 0.717) is 25.2 Å². The van der Waals surface area contributed by atoms with Gasteiger partial charge < -0.3 is 10.2 Å². The number of carbonyl (C=O) groups excluding carboxylic acids is 1. The number of alkyl halides is 2. The van der Waals surface area contributed by atoms with Crippen molar-refractivity contribution in [2.24, 2.45) is 5.92 Å². The van der Waals surface area contributed by atoms with Gasteiger partial charge in [0.15, 0.2) is 0 Å². The lowest BCUT2D eigenvalue weighted by Crippen LogP contribution is -2.48. The van der Waals surface area contributed by atoms with Gasteiger partial charge in [-0.15, -0.1) is 0 Å². The number of rotatable bonds is 5. The molecule has 3 atom stereocenters. The van der Waals surface area contributed by atoms with Crippen molar-refractivity contribution in [3.63, 3.8) is 0 Å². The molecule has 2 aliphatic heterocycles. The molecule has 32 heavy (non-hydrogen) atoms. The third-order valence-corrected chi connectivity index (χ3v) is 6.79. The molecule has 174 valence electrons. The lowest BCUT2D eigenvalue weighted by molar-refractivity contribution is -0.133.